The van der Waals surface area contributed by atoms with Gasteiger partial charge in [-0.2, -0.15) is 0 Å². The predicted octanol–water partition coefficient (Wildman–Crippen LogP) is 3.16. The molecule has 0 fully saturated rings. The van der Waals surface area contributed by atoms with Crippen LogP contribution >= 0.6 is 0 Å². The molecule has 0 bridgehead atoms. The Morgan fingerprint density at radius 2 is 2.19 bits per heavy atom. The SMILES string of the molecule is CCCNC(C)c1ccc(F)cc1OCc1nonc1C. The number of nitrogens with one attached hydrogen (secondary N) is 1. The highest BCUT2D eigenvalue weighted by atomic mass is 19.1. The number of rotatable bonds is 7. The molecule has 5 nitrogen and oxygen atoms in total. The van der Waals surface area contributed by atoms with Gasteiger partial charge in [-0.1, -0.05) is 23.3 Å². The van der Waals surface area contributed by atoms with Crippen molar-refractivity contribution in [3.63, 3.8) is 0 Å². The van der Waals surface area contributed by atoms with Crippen LogP contribution in [0, 0.1) is 12.7 Å². The maximum absolute atomic E-state index is 13.5. The Morgan fingerprint density at radius 3 is 2.86 bits per heavy atom. The van der Waals surface area contributed by atoms with Gasteiger partial charge < -0.3 is 10.1 Å². The topological polar surface area (TPSA) is 60.2 Å². The molecule has 0 aliphatic rings. The first-order valence-corrected chi connectivity index (χ1v) is 7.05. The fourth-order valence-corrected chi connectivity index (χ4v) is 1.99. The minimum atomic E-state index is -0.327. The van der Waals surface area contributed by atoms with Crippen LogP contribution in [0.25, 0.3) is 0 Å². The van der Waals surface area contributed by atoms with E-state index in [-0.39, 0.29) is 18.5 Å². The van der Waals surface area contributed by atoms with Crippen LogP contribution in [0.15, 0.2) is 22.8 Å². The maximum atomic E-state index is 13.5. The monoisotopic (exact) mass is 293 g/mol. The summed E-state index contributed by atoms with van der Waals surface area (Å²) in [6, 6.07) is 4.65. The molecular weight excluding hydrogens is 273 g/mol. The summed E-state index contributed by atoms with van der Waals surface area (Å²) in [6.07, 6.45) is 1.03. The van der Waals surface area contributed by atoms with E-state index in [4.69, 9.17) is 4.74 Å². The number of halogens is 1. The zero-order valence-corrected chi connectivity index (χ0v) is 12.5. The molecule has 6 heteroatoms. The van der Waals surface area contributed by atoms with Gasteiger partial charge in [0.05, 0.1) is 0 Å². The molecule has 1 aromatic carbocycles. The second-order valence-electron chi connectivity index (χ2n) is 4.94. The lowest BCUT2D eigenvalue weighted by atomic mass is 10.1. The zero-order chi connectivity index (χ0) is 15.2. The summed E-state index contributed by atoms with van der Waals surface area (Å²) in [4.78, 5) is 0. The van der Waals surface area contributed by atoms with E-state index in [1.165, 1.54) is 12.1 Å². The van der Waals surface area contributed by atoms with E-state index in [1.54, 1.807) is 13.0 Å². The highest BCUT2D eigenvalue weighted by Crippen LogP contribution is 2.27. The number of hydrogen-bond acceptors (Lipinski definition) is 5. The largest absolute Gasteiger partial charge is 0.487 e. The van der Waals surface area contributed by atoms with Crippen LogP contribution in [0.2, 0.25) is 0 Å². The molecule has 0 spiro atoms. The summed E-state index contributed by atoms with van der Waals surface area (Å²) in [5.41, 5.74) is 2.20. The highest BCUT2D eigenvalue weighted by molar-refractivity contribution is 5.36. The molecule has 1 aromatic heterocycles. The lowest BCUT2D eigenvalue weighted by molar-refractivity contribution is 0.266. The second kappa shape index (κ2) is 7.17. The third kappa shape index (κ3) is 4.01. The predicted molar refractivity (Wildman–Crippen MR) is 76.5 cm³/mol. The number of nitrogens with zero attached hydrogens (tertiary/aromatic N) is 2. The smallest absolute Gasteiger partial charge is 0.145 e. The first-order valence-electron chi connectivity index (χ1n) is 7.05. The van der Waals surface area contributed by atoms with Crippen LogP contribution in [0.5, 0.6) is 5.75 Å². The van der Waals surface area contributed by atoms with Crippen LogP contribution < -0.4 is 10.1 Å². The van der Waals surface area contributed by atoms with E-state index in [9.17, 15) is 4.39 Å². The Bertz CT molecular complexity index is 586. The van der Waals surface area contributed by atoms with Gasteiger partial charge in [-0.05, 0) is 32.9 Å². The van der Waals surface area contributed by atoms with Gasteiger partial charge in [0, 0.05) is 17.7 Å². The quantitative estimate of drug-likeness (QED) is 0.849. The molecule has 114 valence electrons. The molecular formula is C15H20FN3O2. The van der Waals surface area contributed by atoms with Crippen molar-refractivity contribution < 1.29 is 13.8 Å². The third-order valence-corrected chi connectivity index (χ3v) is 3.25. The molecule has 0 saturated carbocycles. The van der Waals surface area contributed by atoms with Crippen LogP contribution in [-0.2, 0) is 6.61 Å². The molecule has 1 heterocycles. The molecule has 2 aromatic rings. The second-order valence-corrected chi connectivity index (χ2v) is 4.94. The van der Waals surface area contributed by atoms with Crippen molar-refractivity contribution >= 4 is 0 Å². The van der Waals surface area contributed by atoms with Gasteiger partial charge in [0.1, 0.15) is 29.6 Å². The number of ether oxygens (including phenoxy) is 1. The van der Waals surface area contributed by atoms with Crippen molar-refractivity contribution in [3.8, 4) is 5.75 Å². The Hall–Kier alpha value is -1.95. The number of hydrogen-bond donors (Lipinski definition) is 1. The van der Waals surface area contributed by atoms with E-state index in [0.717, 1.165) is 18.5 Å². The van der Waals surface area contributed by atoms with Crippen molar-refractivity contribution in [3.05, 3.63) is 41.0 Å². The fraction of sp³-hybridized carbons (Fsp3) is 0.467. The molecule has 1 unspecified atom stereocenters. The number of aromatic nitrogens is 2. The van der Waals surface area contributed by atoms with Gasteiger partial charge in [0.15, 0.2) is 0 Å². The fourth-order valence-electron chi connectivity index (χ4n) is 1.99. The third-order valence-electron chi connectivity index (χ3n) is 3.25. The molecule has 0 aliphatic carbocycles. The molecule has 1 atom stereocenters. The Morgan fingerprint density at radius 1 is 1.38 bits per heavy atom. The lowest BCUT2D eigenvalue weighted by Crippen LogP contribution is -2.20. The van der Waals surface area contributed by atoms with Crippen LogP contribution in [0.3, 0.4) is 0 Å². The summed E-state index contributed by atoms with van der Waals surface area (Å²) in [6.45, 7) is 7.00. The maximum Gasteiger partial charge on any atom is 0.145 e. The Kier molecular flexibility index (Phi) is 5.27. The zero-order valence-electron chi connectivity index (χ0n) is 12.5. The van der Waals surface area contributed by atoms with Gasteiger partial charge in [-0.25, -0.2) is 9.02 Å². The minimum absolute atomic E-state index is 0.0806. The first-order chi connectivity index (χ1) is 10.1. The van der Waals surface area contributed by atoms with Gasteiger partial charge in [-0.15, -0.1) is 0 Å². The standard InChI is InChI=1S/C15H20FN3O2/c1-4-7-17-10(2)13-6-5-12(16)8-15(13)20-9-14-11(3)18-21-19-14/h5-6,8,10,17H,4,7,9H2,1-3H3. The first kappa shape index (κ1) is 15.4. The van der Waals surface area contributed by atoms with E-state index in [2.05, 4.69) is 27.2 Å². The summed E-state index contributed by atoms with van der Waals surface area (Å²) in [7, 11) is 0. The summed E-state index contributed by atoms with van der Waals surface area (Å²) < 4.78 is 23.8. The molecule has 0 saturated heterocycles. The average molecular weight is 293 g/mol. The van der Waals surface area contributed by atoms with Crippen molar-refractivity contribution in [2.75, 3.05) is 6.54 Å². The molecule has 2 rings (SSSR count). The van der Waals surface area contributed by atoms with Crippen molar-refractivity contribution in [1.82, 2.24) is 15.6 Å². The van der Waals surface area contributed by atoms with Gasteiger partial charge in [0.25, 0.3) is 0 Å². The van der Waals surface area contributed by atoms with Crippen molar-refractivity contribution in [2.24, 2.45) is 0 Å². The lowest BCUT2D eigenvalue weighted by Gasteiger charge is -2.18. The average Bonchev–Trinajstić information content (AvgIpc) is 2.88. The van der Waals surface area contributed by atoms with E-state index < -0.39 is 0 Å². The van der Waals surface area contributed by atoms with Crippen molar-refractivity contribution in [2.45, 2.75) is 39.8 Å². The van der Waals surface area contributed by atoms with E-state index >= 15 is 0 Å². The van der Waals surface area contributed by atoms with Crippen LogP contribution in [0.4, 0.5) is 4.39 Å². The Balaban J connectivity index is 2.13. The molecule has 1 N–H and O–H groups in total. The van der Waals surface area contributed by atoms with Crippen LogP contribution in [0.1, 0.15) is 43.3 Å². The van der Waals surface area contributed by atoms with Gasteiger partial charge in [-0.3, -0.25) is 0 Å². The molecule has 0 radical (unpaired) electrons. The highest BCUT2D eigenvalue weighted by Gasteiger charge is 2.14. The summed E-state index contributed by atoms with van der Waals surface area (Å²) in [5, 5.41) is 10.8. The number of benzene rings is 1. The Labute approximate surface area is 123 Å². The van der Waals surface area contributed by atoms with Gasteiger partial charge in [0.2, 0.25) is 0 Å². The molecule has 0 amide bonds. The van der Waals surface area contributed by atoms with E-state index in [1.807, 2.05) is 6.92 Å². The van der Waals surface area contributed by atoms with E-state index in [0.29, 0.717) is 17.1 Å². The van der Waals surface area contributed by atoms with Crippen molar-refractivity contribution in [1.29, 1.82) is 0 Å². The molecule has 0 aliphatic heterocycles. The summed E-state index contributed by atoms with van der Waals surface area (Å²) >= 11 is 0. The minimum Gasteiger partial charge on any atom is -0.487 e. The summed E-state index contributed by atoms with van der Waals surface area (Å²) in [5.74, 6) is 0.181. The molecule has 21 heavy (non-hydrogen) atoms. The normalized spacial score (nSPS) is 12.4. The number of aryl methyl sites for hydroxylation is 1. The van der Waals surface area contributed by atoms with Crippen LogP contribution in [-0.4, -0.2) is 16.9 Å². The van der Waals surface area contributed by atoms with Gasteiger partial charge >= 0.3 is 0 Å².